The van der Waals surface area contributed by atoms with E-state index in [0.717, 1.165) is 31.1 Å². The van der Waals surface area contributed by atoms with Gasteiger partial charge in [-0.3, -0.25) is 0 Å². The molecule has 7 nitrogen and oxygen atoms in total. The van der Waals surface area contributed by atoms with E-state index in [1.54, 1.807) is 12.3 Å². The van der Waals surface area contributed by atoms with Gasteiger partial charge in [-0.15, -0.1) is 0 Å². The first-order chi connectivity index (χ1) is 11.5. The molecule has 0 spiro atoms. The van der Waals surface area contributed by atoms with Gasteiger partial charge >= 0.3 is 0 Å². The maximum absolute atomic E-state index is 9.60. The van der Waals surface area contributed by atoms with Crippen LogP contribution in [0.15, 0.2) is 12.3 Å². The van der Waals surface area contributed by atoms with Gasteiger partial charge in [0.2, 0.25) is 5.95 Å². The molecule has 0 saturated heterocycles. The number of aliphatic hydroxyl groups excluding tert-OH is 1. The van der Waals surface area contributed by atoms with Gasteiger partial charge in [0.25, 0.3) is 0 Å². The largest absolute Gasteiger partial charge is 0.393 e. The number of aliphatic hydroxyl groups is 1. The van der Waals surface area contributed by atoms with Crippen molar-refractivity contribution in [1.82, 2.24) is 15.0 Å². The fourth-order valence-corrected chi connectivity index (χ4v) is 2.94. The highest BCUT2D eigenvalue weighted by molar-refractivity contribution is 5.89. The smallest absolute Gasteiger partial charge is 0.223 e. The van der Waals surface area contributed by atoms with Gasteiger partial charge in [0.05, 0.1) is 6.10 Å². The highest BCUT2D eigenvalue weighted by Gasteiger charge is 2.20. The topological polar surface area (TPSA) is 107 Å². The molecule has 1 fully saturated rings. The zero-order chi connectivity index (χ0) is 17.1. The van der Waals surface area contributed by atoms with Crippen LogP contribution in [0.3, 0.4) is 0 Å². The zero-order valence-electron chi connectivity index (χ0n) is 14.0. The van der Waals surface area contributed by atoms with E-state index in [4.69, 9.17) is 5.26 Å². The minimum atomic E-state index is -0.184. The summed E-state index contributed by atoms with van der Waals surface area (Å²) in [6.07, 6.45) is 4.96. The van der Waals surface area contributed by atoms with Crippen LogP contribution in [-0.4, -0.2) is 38.2 Å². The maximum Gasteiger partial charge on any atom is 0.223 e. The van der Waals surface area contributed by atoms with Crippen LogP contribution in [0.5, 0.6) is 0 Å². The average Bonchev–Trinajstić information content (AvgIpc) is 2.56. The lowest BCUT2D eigenvalue weighted by Gasteiger charge is -2.26. The molecule has 0 unspecified atom stereocenters. The Morgan fingerprint density at radius 3 is 2.67 bits per heavy atom. The average molecular weight is 326 g/mol. The number of nitriles is 1. The molecule has 0 amide bonds. The lowest BCUT2D eigenvalue weighted by atomic mass is 9.93. The fourth-order valence-electron chi connectivity index (χ4n) is 2.94. The molecule has 24 heavy (non-hydrogen) atoms. The predicted octanol–water partition coefficient (Wildman–Crippen LogP) is 2.43. The molecule has 0 aromatic carbocycles. The van der Waals surface area contributed by atoms with E-state index in [1.165, 1.54) is 0 Å². The lowest BCUT2D eigenvalue weighted by molar-refractivity contribution is 0.126. The van der Waals surface area contributed by atoms with Gasteiger partial charge in [-0.05, 0) is 45.6 Å². The third-order valence-electron chi connectivity index (χ3n) is 4.14. The molecule has 2 aromatic heterocycles. The van der Waals surface area contributed by atoms with E-state index in [1.807, 2.05) is 13.8 Å². The molecular weight excluding hydrogens is 304 g/mol. The Kier molecular flexibility index (Phi) is 4.76. The van der Waals surface area contributed by atoms with Crippen molar-refractivity contribution < 1.29 is 5.11 Å². The monoisotopic (exact) mass is 326 g/mol. The van der Waals surface area contributed by atoms with E-state index in [2.05, 4.69) is 31.7 Å². The van der Waals surface area contributed by atoms with Gasteiger partial charge in [0, 0.05) is 23.7 Å². The Morgan fingerprint density at radius 2 is 2.00 bits per heavy atom. The molecule has 1 aliphatic rings. The number of hydrogen-bond acceptors (Lipinski definition) is 7. The molecule has 126 valence electrons. The number of aromatic nitrogens is 3. The number of rotatable bonds is 4. The summed E-state index contributed by atoms with van der Waals surface area (Å²) in [6.45, 7) is 4.03. The first-order valence-electron chi connectivity index (χ1n) is 8.34. The highest BCUT2D eigenvalue weighted by Crippen LogP contribution is 2.24. The van der Waals surface area contributed by atoms with Gasteiger partial charge in [0.15, 0.2) is 5.82 Å². The first kappa shape index (κ1) is 16.4. The SMILES string of the molecule is CC(C)Nc1nc(C#N)cc2cnc(N[C@H]3CC[C@@H](O)CC3)nc12. The van der Waals surface area contributed by atoms with Crippen LogP contribution in [0.1, 0.15) is 45.2 Å². The number of hydrogen-bond donors (Lipinski definition) is 3. The van der Waals surface area contributed by atoms with Crippen molar-refractivity contribution in [3.8, 4) is 6.07 Å². The van der Waals surface area contributed by atoms with Crippen LogP contribution in [-0.2, 0) is 0 Å². The molecule has 0 atom stereocenters. The molecular formula is C17H22N6O. The van der Waals surface area contributed by atoms with Crippen molar-refractivity contribution in [1.29, 1.82) is 5.26 Å². The fraction of sp³-hybridized carbons (Fsp3) is 0.529. The summed E-state index contributed by atoms with van der Waals surface area (Å²) in [5.74, 6) is 1.16. The quantitative estimate of drug-likeness (QED) is 0.792. The van der Waals surface area contributed by atoms with Crippen LogP contribution in [0.4, 0.5) is 11.8 Å². The number of nitrogens with zero attached hydrogens (tertiary/aromatic N) is 4. The van der Waals surface area contributed by atoms with Gasteiger partial charge < -0.3 is 15.7 Å². The lowest BCUT2D eigenvalue weighted by Crippen LogP contribution is -2.28. The second-order valence-corrected chi connectivity index (χ2v) is 6.55. The van der Waals surface area contributed by atoms with Gasteiger partial charge in [0.1, 0.15) is 17.3 Å². The first-order valence-corrected chi connectivity index (χ1v) is 8.34. The van der Waals surface area contributed by atoms with Gasteiger partial charge in [-0.2, -0.15) is 5.26 Å². The summed E-state index contributed by atoms with van der Waals surface area (Å²) in [7, 11) is 0. The Hall–Kier alpha value is -2.46. The zero-order valence-corrected chi connectivity index (χ0v) is 14.0. The van der Waals surface area contributed by atoms with E-state index >= 15 is 0 Å². The van der Waals surface area contributed by atoms with E-state index in [9.17, 15) is 5.11 Å². The minimum Gasteiger partial charge on any atom is -0.393 e. The third-order valence-corrected chi connectivity index (χ3v) is 4.14. The Labute approximate surface area is 141 Å². The van der Waals surface area contributed by atoms with Crippen molar-refractivity contribution in [3.63, 3.8) is 0 Å². The summed E-state index contributed by atoms with van der Waals surface area (Å²) in [6, 6.07) is 4.23. The Bertz CT molecular complexity index is 762. The molecule has 0 bridgehead atoms. The van der Waals surface area contributed by atoms with Crippen LogP contribution >= 0.6 is 0 Å². The number of pyridine rings is 1. The van der Waals surface area contributed by atoms with Crippen LogP contribution in [0, 0.1) is 11.3 Å². The van der Waals surface area contributed by atoms with Crippen molar-refractivity contribution in [2.24, 2.45) is 0 Å². The predicted molar refractivity (Wildman–Crippen MR) is 92.7 cm³/mol. The maximum atomic E-state index is 9.60. The van der Waals surface area contributed by atoms with Crippen LogP contribution < -0.4 is 10.6 Å². The van der Waals surface area contributed by atoms with Crippen molar-refractivity contribution in [2.45, 2.75) is 57.7 Å². The molecule has 2 heterocycles. The summed E-state index contributed by atoms with van der Waals surface area (Å²) in [4.78, 5) is 13.3. The molecule has 0 aliphatic heterocycles. The second-order valence-electron chi connectivity index (χ2n) is 6.55. The van der Waals surface area contributed by atoms with E-state index in [0.29, 0.717) is 23.0 Å². The number of anilines is 2. The molecule has 3 rings (SSSR count). The Morgan fingerprint density at radius 1 is 1.25 bits per heavy atom. The number of nitrogens with one attached hydrogen (secondary N) is 2. The standard InChI is InChI=1S/C17H22N6O/c1-10(2)20-16-15-11(7-13(8-18)21-16)9-19-17(23-15)22-12-3-5-14(24)6-4-12/h7,9-10,12,14,24H,3-6H2,1-2H3,(H,20,21)(H,19,22,23)/t12-,14+. The molecule has 1 saturated carbocycles. The summed E-state index contributed by atoms with van der Waals surface area (Å²) >= 11 is 0. The van der Waals surface area contributed by atoms with Crippen molar-refractivity contribution >= 4 is 22.7 Å². The Balaban J connectivity index is 1.90. The third kappa shape index (κ3) is 3.71. The van der Waals surface area contributed by atoms with E-state index < -0.39 is 0 Å². The molecule has 3 N–H and O–H groups in total. The van der Waals surface area contributed by atoms with Crippen LogP contribution in [0.25, 0.3) is 10.9 Å². The van der Waals surface area contributed by atoms with Crippen molar-refractivity contribution in [3.05, 3.63) is 18.0 Å². The van der Waals surface area contributed by atoms with Crippen LogP contribution in [0.2, 0.25) is 0 Å². The molecule has 0 radical (unpaired) electrons. The summed E-state index contributed by atoms with van der Waals surface area (Å²) < 4.78 is 0. The molecule has 2 aromatic rings. The molecule has 7 heteroatoms. The van der Waals surface area contributed by atoms with Gasteiger partial charge in [-0.1, -0.05) is 0 Å². The number of fused-ring (bicyclic) bond motifs is 1. The summed E-state index contributed by atoms with van der Waals surface area (Å²) in [5, 5.41) is 26.1. The van der Waals surface area contributed by atoms with Crippen molar-refractivity contribution in [2.75, 3.05) is 10.6 Å². The summed E-state index contributed by atoms with van der Waals surface area (Å²) in [5.41, 5.74) is 1.05. The van der Waals surface area contributed by atoms with Gasteiger partial charge in [-0.25, -0.2) is 15.0 Å². The van der Waals surface area contributed by atoms with E-state index in [-0.39, 0.29) is 18.2 Å². The normalized spacial score (nSPS) is 20.8. The minimum absolute atomic E-state index is 0.181. The molecule has 1 aliphatic carbocycles. The highest BCUT2D eigenvalue weighted by atomic mass is 16.3. The second kappa shape index (κ2) is 6.97.